The second-order valence-electron chi connectivity index (χ2n) is 11.1. The highest BCUT2D eigenvalue weighted by molar-refractivity contribution is 7.89. The molecule has 1 fully saturated rings. The maximum atomic E-state index is 13.8. The first-order valence-electron chi connectivity index (χ1n) is 14.5. The first-order chi connectivity index (χ1) is 19.7. The Kier molecular flexibility index (Phi) is 10.7. The molecule has 0 saturated carbocycles. The molecule has 1 heterocycles. The predicted octanol–water partition coefficient (Wildman–Crippen LogP) is 4.82. The van der Waals surface area contributed by atoms with Crippen LogP contribution in [-0.2, 0) is 39.0 Å². The Hall–Kier alpha value is -3.49. The van der Waals surface area contributed by atoms with Gasteiger partial charge in [-0.2, -0.15) is 4.31 Å². The van der Waals surface area contributed by atoms with Crippen LogP contribution in [0.1, 0.15) is 49.8 Å². The number of nitrogens with one attached hydrogen (secondary N) is 1. The third-order valence-electron chi connectivity index (χ3n) is 7.41. The first kappa shape index (κ1) is 30.5. The van der Waals surface area contributed by atoms with Crippen LogP contribution in [0.15, 0.2) is 89.8 Å². The third kappa shape index (κ3) is 8.50. The Morgan fingerprint density at radius 3 is 2.00 bits per heavy atom. The standard InChI is InChI=1S/C33H41N3O4S/c1-26(2)24-34-33(38)31(23-28-11-5-3-6-12-28)36(25-29-13-7-4-8-14-29)32(37)20-17-27-15-18-30(19-16-27)41(39,40)35-21-9-10-22-35/h3-8,11-16,18-19,26,31H,9-10,17,20-25H2,1-2H3,(H,34,38). The van der Waals surface area contributed by atoms with Gasteiger partial charge in [0.15, 0.2) is 0 Å². The van der Waals surface area contributed by atoms with E-state index in [9.17, 15) is 18.0 Å². The lowest BCUT2D eigenvalue weighted by molar-refractivity contribution is -0.141. The van der Waals surface area contributed by atoms with Crippen molar-refractivity contribution in [1.29, 1.82) is 0 Å². The van der Waals surface area contributed by atoms with Gasteiger partial charge < -0.3 is 10.2 Å². The van der Waals surface area contributed by atoms with Gasteiger partial charge in [-0.1, -0.05) is 86.6 Å². The van der Waals surface area contributed by atoms with E-state index in [-0.39, 0.29) is 29.0 Å². The van der Waals surface area contributed by atoms with Gasteiger partial charge in [0.1, 0.15) is 6.04 Å². The van der Waals surface area contributed by atoms with Crippen LogP contribution in [-0.4, -0.2) is 55.1 Å². The molecule has 0 aliphatic carbocycles. The van der Waals surface area contributed by atoms with E-state index in [1.54, 1.807) is 29.2 Å². The van der Waals surface area contributed by atoms with Gasteiger partial charge in [0.05, 0.1) is 4.90 Å². The van der Waals surface area contributed by atoms with Crippen molar-refractivity contribution in [2.75, 3.05) is 19.6 Å². The molecule has 4 rings (SSSR count). The first-order valence-corrected chi connectivity index (χ1v) is 15.9. The van der Waals surface area contributed by atoms with E-state index in [4.69, 9.17) is 0 Å². The third-order valence-corrected chi connectivity index (χ3v) is 9.32. The molecule has 3 aromatic rings. The van der Waals surface area contributed by atoms with Crippen molar-refractivity contribution in [1.82, 2.24) is 14.5 Å². The average molecular weight is 576 g/mol. The molecule has 218 valence electrons. The SMILES string of the molecule is CC(C)CNC(=O)C(Cc1ccccc1)N(Cc1ccccc1)C(=O)CCc1ccc(S(=O)(=O)N2CCCC2)cc1. The van der Waals surface area contributed by atoms with Gasteiger partial charge in [-0.25, -0.2) is 8.42 Å². The van der Waals surface area contributed by atoms with Crippen molar-refractivity contribution in [3.05, 3.63) is 102 Å². The van der Waals surface area contributed by atoms with Crippen LogP contribution in [0.2, 0.25) is 0 Å². The number of nitrogens with zero attached hydrogens (tertiary/aromatic N) is 2. The summed E-state index contributed by atoms with van der Waals surface area (Å²) in [6.07, 6.45) is 2.83. The highest BCUT2D eigenvalue weighted by Crippen LogP contribution is 2.22. The summed E-state index contributed by atoms with van der Waals surface area (Å²) in [5.41, 5.74) is 2.81. The van der Waals surface area contributed by atoms with Crippen molar-refractivity contribution in [2.24, 2.45) is 5.92 Å². The number of hydrogen-bond acceptors (Lipinski definition) is 4. The normalized spacial score (nSPS) is 14.6. The van der Waals surface area contributed by atoms with Gasteiger partial charge >= 0.3 is 0 Å². The fourth-order valence-corrected chi connectivity index (χ4v) is 6.57. The monoisotopic (exact) mass is 575 g/mol. The summed E-state index contributed by atoms with van der Waals surface area (Å²) in [4.78, 5) is 29.4. The van der Waals surface area contributed by atoms with Gasteiger partial charge in [-0.15, -0.1) is 0 Å². The average Bonchev–Trinajstić information content (AvgIpc) is 3.54. The fourth-order valence-electron chi connectivity index (χ4n) is 5.06. The van der Waals surface area contributed by atoms with Crippen LogP contribution in [0.25, 0.3) is 0 Å². The molecule has 41 heavy (non-hydrogen) atoms. The Balaban J connectivity index is 1.53. The van der Waals surface area contributed by atoms with Gasteiger partial charge in [-0.3, -0.25) is 9.59 Å². The fraction of sp³-hybridized carbons (Fsp3) is 0.394. The minimum absolute atomic E-state index is 0.122. The number of sulfonamides is 1. The van der Waals surface area contributed by atoms with E-state index in [1.807, 2.05) is 74.5 Å². The topological polar surface area (TPSA) is 86.8 Å². The number of hydrogen-bond donors (Lipinski definition) is 1. The summed E-state index contributed by atoms with van der Waals surface area (Å²) >= 11 is 0. The molecule has 0 bridgehead atoms. The molecule has 7 nitrogen and oxygen atoms in total. The van der Waals surface area contributed by atoms with Crippen molar-refractivity contribution < 1.29 is 18.0 Å². The number of carbonyl (C=O) groups excluding carboxylic acids is 2. The Morgan fingerprint density at radius 1 is 0.829 bits per heavy atom. The quantitative estimate of drug-likeness (QED) is 0.317. The van der Waals surface area contributed by atoms with Gasteiger partial charge in [0.25, 0.3) is 0 Å². The minimum Gasteiger partial charge on any atom is -0.354 e. The Bertz CT molecular complexity index is 1370. The largest absolute Gasteiger partial charge is 0.354 e. The van der Waals surface area contributed by atoms with Crippen LogP contribution in [0, 0.1) is 5.92 Å². The number of aryl methyl sites for hydroxylation is 1. The zero-order valence-electron chi connectivity index (χ0n) is 24.0. The highest BCUT2D eigenvalue weighted by atomic mass is 32.2. The van der Waals surface area contributed by atoms with Gasteiger partial charge in [-0.05, 0) is 54.0 Å². The lowest BCUT2D eigenvalue weighted by atomic mass is 10.0. The van der Waals surface area contributed by atoms with Crippen LogP contribution < -0.4 is 5.32 Å². The van der Waals surface area contributed by atoms with Gasteiger partial charge in [0.2, 0.25) is 21.8 Å². The molecule has 2 amide bonds. The molecular weight excluding hydrogens is 534 g/mol. The molecule has 8 heteroatoms. The van der Waals surface area contributed by atoms with E-state index < -0.39 is 16.1 Å². The lowest BCUT2D eigenvalue weighted by Crippen LogP contribution is -2.51. The zero-order valence-corrected chi connectivity index (χ0v) is 24.9. The molecule has 0 spiro atoms. The smallest absolute Gasteiger partial charge is 0.243 e. The van der Waals surface area contributed by atoms with Gasteiger partial charge in [0, 0.05) is 39.0 Å². The van der Waals surface area contributed by atoms with Crippen LogP contribution >= 0.6 is 0 Å². The van der Waals surface area contributed by atoms with E-state index in [0.29, 0.717) is 39.0 Å². The highest BCUT2D eigenvalue weighted by Gasteiger charge is 2.30. The summed E-state index contributed by atoms with van der Waals surface area (Å²) in [6.45, 7) is 6.06. The summed E-state index contributed by atoms with van der Waals surface area (Å²) < 4.78 is 27.3. The number of amides is 2. The second-order valence-corrected chi connectivity index (χ2v) is 13.0. The van der Waals surface area contributed by atoms with E-state index >= 15 is 0 Å². The molecule has 3 aromatic carbocycles. The number of carbonyl (C=O) groups is 2. The molecule has 1 unspecified atom stereocenters. The van der Waals surface area contributed by atoms with Crippen molar-refractivity contribution >= 4 is 21.8 Å². The zero-order chi connectivity index (χ0) is 29.2. The van der Waals surface area contributed by atoms with Crippen LogP contribution in [0.4, 0.5) is 0 Å². The van der Waals surface area contributed by atoms with Crippen LogP contribution in [0.3, 0.4) is 0 Å². The molecule has 1 N–H and O–H groups in total. The van der Waals surface area contributed by atoms with Crippen LogP contribution in [0.5, 0.6) is 0 Å². The molecular formula is C33H41N3O4S. The minimum atomic E-state index is -3.48. The Morgan fingerprint density at radius 2 is 1.41 bits per heavy atom. The molecule has 1 aliphatic rings. The lowest BCUT2D eigenvalue weighted by Gasteiger charge is -2.32. The number of benzene rings is 3. The molecule has 0 aromatic heterocycles. The van der Waals surface area contributed by atoms with Crippen molar-refractivity contribution in [2.45, 2.75) is 63.4 Å². The van der Waals surface area contributed by atoms with E-state index in [0.717, 1.165) is 29.5 Å². The van der Waals surface area contributed by atoms with E-state index in [1.165, 1.54) is 4.31 Å². The predicted molar refractivity (Wildman–Crippen MR) is 162 cm³/mol. The molecule has 1 aliphatic heterocycles. The van der Waals surface area contributed by atoms with Crippen molar-refractivity contribution in [3.8, 4) is 0 Å². The summed E-state index contributed by atoms with van der Waals surface area (Å²) in [6, 6.07) is 25.7. The maximum Gasteiger partial charge on any atom is 0.243 e. The molecule has 1 saturated heterocycles. The second kappa shape index (κ2) is 14.4. The summed E-state index contributed by atoms with van der Waals surface area (Å²) in [7, 11) is -3.48. The molecule has 1 atom stereocenters. The molecule has 0 radical (unpaired) electrons. The van der Waals surface area contributed by atoms with Crippen molar-refractivity contribution in [3.63, 3.8) is 0 Å². The number of rotatable bonds is 13. The van der Waals surface area contributed by atoms with E-state index in [2.05, 4.69) is 5.32 Å². The summed E-state index contributed by atoms with van der Waals surface area (Å²) in [5.74, 6) is -0.00147. The Labute approximate surface area is 244 Å². The maximum absolute atomic E-state index is 13.8. The summed E-state index contributed by atoms with van der Waals surface area (Å²) in [5, 5.41) is 3.05.